The van der Waals surface area contributed by atoms with Gasteiger partial charge in [0.15, 0.2) is 0 Å². The molecule has 17 heavy (non-hydrogen) atoms. The van der Waals surface area contributed by atoms with Crippen molar-refractivity contribution in [1.82, 2.24) is 9.78 Å². The molecular weight excluding hydrogens is 280 g/mol. The molecule has 0 saturated carbocycles. The fourth-order valence-electron chi connectivity index (χ4n) is 1.65. The van der Waals surface area contributed by atoms with E-state index in [0.29, 0.717) is 6.61 Å². The zero-order valence-electron chi connectivity index (χ0n) is 9.98. The van der Waals surface area contributed by atoms with Crippen molar-refractivity contribution >= 4 is 15.9 Å². The van der Waals surface area contributed by atoms with Gasteiger partial charge in [-0.2, -0.15) is 5.10 Å². The largest absolute Gasteiger partial charge is 0.493 e. The van der Waals surface area contributed by atoms with Gasteiger partial charge in [0, 0.05) is 24.1 Å². The first kappa shape index (κ1) is 12.2. The van der Waals surface area contributed by atoms with Gasteiger partial charge in [0.25, 0.3) is 0 Å². The summed E-state index contributed by atoms with van der Waals surface area (Å²) in [5.74, 6) is 0.942. The van der Waals surface area contributed by atoms with E-state index in [0.717, 1.165) is 22.2 Å². The van der Waals surface area contributed by atoms with Crippen molar-refractivity contribution in [3.05, 3.63) is 46.2 Å². The number of rotatable bonds is 4. The highest BCUT2D eigenvalue weighted by atomic mass is 79.9. The number of ether oxygens (including phenoxy) is 1. The van der Waals surface area contributed by atoms with Crippen LogP contribution in [-0.2, 0) is 13.5 Å². The quantitative estimate of drug-likeness (QED) is 0.866. The Morgan fingerprint density at radius 1 is 1.41 bits per heavy atom. The standard InChI is InChI=1S/C13H15BrN2O/c1-10-7-12(14)3-4-13(10)17-6-5-11-8-15-16(2)9-11/h3-4,7-9H,5-6H2,1-2H3. The van der Waals surface area contributed by atoms with E-state index >= 15 is 0 Å². The Bertz CT molecular complexity index is 508. The minimum absolute atomic E-state index is 0.675. The van der Waals surface area contributed by atoms with Crippen molar-refractivity contribution in [3.63, 3.8) is 0 Å². The van der Waals surface area contributed by atoms with Gasteiger partial charge in [-0.15, -0.1) is 0 Å². The van der Waals surface area contributed by atoms with Gasteiger partial charge in [-0.1, -0.05) is 15.9 Å². The molecule has 0 amide bonds. The number of aryl methyl sites for hydroxylation is 2. The summed E-state index contributed by atoms with van der Waals surface area (Å²) in [5, 5.41) is 4.13. The second-order valence-corrected chi connectivity index (χ2v) is 4.95. The van der Waals surface area contributed by atoms with Crippen molar-refractivity contribution in [3.8, 4) is 5.75 Å². The van der Waals surface area contributed by atoms with Gasteiger partial charge in [-0.25, -0.2) is 0 Å². The van der Waals surface area contributed by atoms with Gasteiger partial charge in [-0.3, -0.25) is 4.68 Å². The smallest absolute Gasteiger partial charge is 0.122 e. The first-order valence-electron chi connectivity index (χ1n) is 5.51. The Morgan fingerprint density at radius 2 is 2.24 bits per heavy atom. The summed E-state index contributed by atoms with van der Waals surface area (Å²) in [7, 11) is 1.92. The molecule has 0 saturated heterocycles. The molecule has 3 nitrogen and oxygen atoms in total. The van der Waals surface area contributed by atoms with Crippen molar-refractivity contribution in [2.45, 2.75) is 13.3 Å². The number of nitrogens with zero attached hydrogens (tertiary/aromatic N) is 2. The molecule has 0 aliphatic heterocycles. The lowest BCUT2D eigenvalue weighted by Gasteiger charge is -2.08. The molecule has 0 N–H and O–H groups in total. The van der Waals surface area contributed by atoms with E-state index in [9.17, 15) is 0 Å². The van der Waals surface area contributed by atoms with Gasteiger partial charge >= 0.3 is 0 Å². The van der Waals surface area contributed by atoms with Crippen LogP contribution in [-0.4, -0.2) is 16.4 Å². The second kappa shape index (κ2) is 5.36. The maximum atomic E-state index is 5.75. The van der Waals surface area contributed by atoms with Crippen LogP contribution in [0.3, 0.4) is 0 Å². The molecule has 2 rings (SSSR count). The van der Waals surface area contributed by atoms with E-state index in [1.807, 2.05) is 38.5 Å². The molecule has 0 unspecified atom stereocenters. The van der Waals surface area contributed by atoms with E-state index in [4.69, 9.17) is 4.74 Å². The van der Waals surface area contributed by atoms with Crippen LogP contribution in [0, 0.1) is 6.92 Å². The van der Waals surface area contributed by atoms with E-state index in [2.05, 4.69) is 27.1 Å². The highest BCUT2D eigenvalue weighted by Gasteiger charge is 2.01. The number of hydrogen-bond donors (Lipinski definition) is 0. The molecule has 90 valence electrons. The van der Waals surface area contributed by atoms with E-state index in [-0.39, 0.29) is 0 Å². The highest BCUT2D eigenvalue weighted by Crippen LogP contribution is 2.22. The Labute approximate surface area is 110 Å². The number of halogens is 1. The van der Waals surface area contributed by atoms with E-state index in [1.54, 1.807) is 4.68 Å². The molecule has 2 aromatic rings. The normalized spacial score (nSPS) is 10.5. The van der Waals surface area contributed by atoms with Crippen LogP contribution < -0.4 is 4.74 Å². The van der Waals surface area contributed by atoms with Gasteiger partial charge in [0.05, 0.1) is 12.8 Å². The molecular formula is C13H15BrN2O. The molecule has 0 spiro atoms. The summed E-state index contributed by atoms with van der Waals surface area (Å²) in [6, 6.07) is 6.04. The van der Waals surface area contributed by atoms with Crippen molar-refractivity contribution in [2.24, 2.45) is 7.05 Å². The SMILES string of the molecule is Cc1cc(Br)ccc1OCCc1cnn(C)c1. The third-order valence-electron chi connectivity index (χ3n) is 2.54. The Kier molecular flexibility index (Phi) is 3.84. The van der Waals surface area contributed by atoms with Crippen LogP contribution in [0.15, 0.2) is 35.1 Å². The van der Waals surface area contributed by atoms with E-state index in [1.165, 1.54) is 5.56 Å². The molecule has 1 aromatic carbocycles. The molecule has 0 atom stereocenters. The van der Waals surface area contributed by atoms with Crippen LogP contribution in [0.2, 0.25) is 0 Å². The van der Waals surface area contributed by atoms with Crippen LogP contribution in [0.5, 0.6) is 5.75 Å². The average Bonchev–Trinajstić information content (AvgIpc) is 2.68. The third kappa shape index (κ3) is 3.33. The minimum Gasteiger partial charge on any atom is -0.493 e. The zero-order chi connectivity index (χ0) is 12.3. The van der Waals surface area contributed by atoms with Gasteiger partial charge < -0.3 is 4.74 Å². The lowest BCUT2D eigenvalue weighted by molar-refractivity contribution is 0.319. The molecule has 1 heterocycles. The van der Waals surface area contributed by atoms with Crippen molar-refractivity contribution < 1.29 is 4.74 Å². The second-order valence-electron chi connectivity index (χ2n) is 4.03. The topological polar surface area (TPSA) is 27.1 Å². The predicted molar refractivity (Wildman–Crippen MR) is 71.3 cm³/mol. The fraction of sp³-hybridized carbons (Fsp3) is 0.308. The van der Waals surface area contributed by atoms with Gasteiger partial charge in [0.2, 0.25) is 0 Å². The zero-order valence-corrected chi connectivity index (χ0v) is 11.6. The summed E-state index contributed by atoms with van der Waals surface area (Å²) >= 11 is 3.44. The van der Waals surface area contributed by atoms with Crippen LogP contribution in [0.4, 0.5) is 0 Å². The summed E-state index contributed by atoms with van der Waals surface area (Å²) < 4.78 is 8.63. The number of aromatic nitrogens is 2. The molecule has 0 bridgehead atoms. The monoisotopic (exact) mass is 294 g/mol. The van der Waals surface area contributed by atoms with Crippen LogP contribution in [0.1, 0.15) is 11.1 Å². The average molecular weight is 295 g/mol. The fourth-order valence-corrected chi connectivity index (χ4v) is 2.13. The van der Waals surface area contributed by atoms with Crippen molar-refractivity contribution in [1.29, 1.82) is 0 Å². The van der Waals surface area contributed by atoms with Crippen LogP contribution in [0.25, 0.3) is 0 Å². The van der Waals surface area contributed by atoms with Gasteiger partial charge in [-0.05, 0) is 36.2 Å². The summed E-state index contributed by atoms with van der Waals surface area (Å²) in [5.41, 5.74) is 2.34. The molecule has 4 heteroatoms. The number of benzene rings is 1. The maximum absolute atomic E-state index is 5.75. The van der Waals surface area contributed by atoms with Crippen molar-refractivity contribution in [2.75, 3.05) is 6.61 Å². The summed E-state index contributed by atoms with van der Waals surface area (Å²) in [4.78, 5) is 0. The summed E-state index contributed by atoms with van der Waals surface area (Å²) in [6.07, 6.45) is 4.76. The third-order valence-corrected chi connectivity index (χ3v) is 3.04. The first-order chi connectivity index (χ1) is 8.15. The van der Waals surface area contributed by atoms with Gasteiger partial charge in [0.1, 0.15) is 5.75 Å². The highest BCUT2D eigenvalue weighted by molar-refractivity contribution is 9.10. The Morgan fingerprint density at radius 3 is 2.88 bits per heavy atom. The Hall–Kier alpha value is -1.29. The van der Waals surface area contributed by atoms with Crippen LogP contribution >= 0.6 is 15.9 Å². The molecule has 0 fully saturated rings. The maximum Gasteiger partial charge on any atom is 0.122 e. The lowest BCUT2D eigenvalue weighted by atomic mass is 10.2. The number of hydrogen-bond acceptors (Lipinski definition) is 2. The molecule has 0 radical (unpaired) electrons. The molecule has 0 aliphatic carbocycles. The van der Waals surface area contributed by atoms with E-state index < -0.39 is 0 Å². The molecule has 1 aromatic heterocycles. The first-order valence-corrected chi connectivity index (χ1v) is 6.31. The summed E-state index contributed by atoms with van der Waals surface area (Å²) in [6.45, 7) is 2.72. The lowest BCUT2D eigenvalue weighted by Crippen LogP contribution is -2.01. The molecule has 0 aliphatic rings. The predicted octanol–water partition coefficient (Wildman–Crippen LogP) is 3.11. The Balaban J connectivity index is 1.90. The minimum atomic E-state index is 0.675.